The fraction of sp³-hybridized carbons (Fsp3) is 0.524. The molecule has 0 aliphatic heterocycles. The van der Waals surface area contributed by atoms with E-state index in [0.717, 1.165) is 28.5 Å². The smallest absolute Gasteiger partial charge is 0.131 e. The van der Waals surface area contributed by atoms with E-state index in [1.165, 1.54) is 44.1 Å². The number of halogens is 1. The zero-order chi connectivity index (χ0) is 15.1. The van der Waals surface area contributed by atoms with Gasteiger partial charge in [0.2, 0.25) is 0 Å². The molecule has 4 rings (SSSR count). The third kappa shape index (κ3) is 2.55. The number of hydrogen-bond acceptors (Lipinski definition) is 0. The minimum absolute atomic E-state index is 0.103. The first-order valence-electron chi connectivity index (χ1n) is 8.89. The summed E-state index contributed by atoms with van der Waals surface area (Å²) in [5, 5.41) is 1.81. The average Bonchev–Trinajstić information content (AvgIpc) is 2.54. The van der Waals surface area contributed by atoms with Gasteiger partial charge in [0.25, 0.3) is 0 Å². The van der Waals surface area contributed by atoms with E-state index in [0.29, 0.717) is 5.92 Å². The predicted octanol–water partition coefficient (Wildman–Crippen LogP) is 6.30. The lowest BCUT2D eigenvalue weighted by Crippen LogP contribution is -2.29. The Morgan fingerprint density at radius 2 is 1.73 bits per heavy atom. The van der Waals surface area contributed by atoms with E-state index in [1.54, 1.807) is 6.07 Å². The first kappa shape index (κ1) is 14.2. The quantitative estimate of drug-likeness (QED) is 0.579. The number of benzene rings is 2. The minimum atomic E-state index is -0.103. The predicted molar refractivity (Wildman–Crippen MR) is 90.5 cm³/mol. The fourth-order valence-electron chi connectivity index (χ4n) is 4.94. The van der Waals surface area contributed by atoms with Crippen molar-refractivity contribution in [3.63, 3.8) is 0 Å². The van der Waals surface area contributed by atoms with E-state index in [1.807, 2.05) is 18.2 Å². The van der Waals surface area contributed by atoms with Crippen molar-refractivity contribution in [2.45, 2.75) is 51.4 Å². The largest absolute Gasteiger partial charge is 0.206 e. The first-order chi connectivity index (χ1) is 10.7. The SMILES string of the molecule is CC1CCC2CC(c3ccc4c(F)cccc4c3)CCC2C1. The number of hydrogen-bond donors (Lipinski definition) is 0. The lowest BCUT2D eigenvalue weighted by atomic mass is 9.64. The van der Waals surface area contributed by atoms with Crippen LogP contribution < -0.4 is 0 Å². The van der Waals surface area contributed by atoms with Crippen LogP contribution in [-0.2, 0) is 0 Å². The van der Waals surface area contributed by atoms with Gasteiger partial charge in [-0.25, -0.2) is 4.39 Å². The molecule has 0 heterocycles. The van der Waals surface area contributed by atoms with Gasteiger partial charge >= 0.3 is 0 Å². The summed E-state index contributed by atoms with van der Waals surface area (Å²) in [6.07, 6.45) is 8.33. The maximum Gasteiger partial charge on any atom is 0.131 e. The van der Waals surface area contributed by atoms with Crippen molar-refractivity contribution in [1.29, 1.82) is 0 Å². The first-order valence-corrected chi connectivity index (χ1v) is 8.89. The van der Waals surface area contributed by atoms with Gasteiger partial charge in [0, 0.05) is 5.39 Å². The molecular formula is C21H25F. The number of rotatable bonds is 1. The standard InChI is InChI=1S/C21H25F/c1-14-5-6-16-12-17(8-7-15(16)11-14)18-9-10-20-19(13-18)3-2-4-21(20)22/h2-4,9-10,13-17H,5-8,11-12H2,1H3. The Labute approximate surface area is 132 Å². The monoisotopic (exact) mass is 296 g/mol. The van der Waals surface area contributed by atoms with Gasteiger partial charge in [-0.2, -0.15) is 0 Å². The summed E-state index contributed by atoms with van der Waals surface area (Å²) in [7, 11) is 0. The molecule has 0 nitrogen and oxygen atoms in total. The van der Waals surface area contributed by atoms with Gasteiger partial charge in [0.1, 0.15) is 5.82 Å². The molecule has 0 radical (unpaired) electrons. The summed E-state index contributed by atoms with van der Waals surface area (Å²) in [6, 6.07) is 11.8. The molecule has 0 bridgehead atoms. The molecule has 4 atom stereocenters. The lowest BCUT2D eigenvalue weighted by Gasteiger charge is -2.41. The van der Waals surface area contributed by atoms with Crippen LogP contribution in [0.4, 0.5) is 4.39 Å². The van der Waals surface area contributed by atoms with Crippen LogP contribution in [0.15, 0.2) is 36.4 Å². The highest BCUT2D eigenvalue weighted by molar-refractivity contribution is 5.83. The van der Waals surface area contributed by atoms with Crippen molar-refractivity contribution in [1.82, 2.24) is 0 Å². The van der Waals surface area contributed by atoms with Gasteiger partial charge in [0.05, 0.1) is 0 Å². The molecule has 4 unspecified atom stereocenters. The van der Waals surface area contributed by atoms with Crippen LogP contribution >= 0.6 is 0 Å². The van der Waals surface area contributed by atoms with Crippen LogP contribution in [0, 0.1) is 23.6 Å². The summed E-state index contributed by atoms with van der Waals surface area (Å²) in [5.74, 6) is 3.41. The van der Waals surface area contributed by atoms with Crippen molar-refractivity contribution in [3.05, 3.63) is 47.8 Å². The van der Waals surface area contributed by atoms with E-state index in [4.69, 9.17) is 0 Å². The Morgan fingerprint density at radius 3 is 2.64 bits per heavy atom. The molecule has 22 heavy (non-hydrogen) atoms. The maximum atomic E-state index is 13.8. The molecule has 2 fully saturated rings. The second-order valence-electron chi connectivity index (χ2n) is 7.67. The summed E-state index contributed by atoms with van der Waals surface area (Å²) in [4.78, 5) is 0. The maximum absolute atomic E-state index is 13.8. The highest BCUT2D eigenvalue weighted by Gasteiger charge is 2.34. The third-order valence-corrected chi connectivity index (χ3v) is 6.20. The van der Waals surface area contributed by atoms with E-state index >= 15 is 0 Å². The topological polar surface area (TPSA) is 0 Å². The van der Waals surface area contributed by atoms with Crippen LogP contribution in [0.2, 0.25) is 0 Å². The summed E-state index contributed by atoms with van der Waals surface area (Å²) >= 11 is 0. The highest BCUT2D eigenvalue weighted by Crippen LogP contribution is 2.47. The minimum Gasteiger partial charge on any atom is -0.206 e. The molecule has 0 N–H and O–H groups in total. The second kappa shape index (κ2) is 5.68. The molecule has 116 valence electrons. The van der Waals surface area contributed by atoms with E-state index in [9.17, 15) is 4.39 Å². The van der Waals surface area contributed by atoms with E-state index in [-0.39, 0.29) is 5.82 Å². The normalized spacial score (nSPS) is 31.9. The third-order valence-electron chi connectivity index (χ3n) is 6.20. The van der Waals surface area contributed by atoms with Crippen LogP contribution in [0.1, 0.15) is 56.9 Å². The van der Waals surface area contributed by atoms with Crippen LogP contribution in [0.3, 0.4) is 0 Å². The van der Waals surface area contributed by atoms with Crippen molar-refractivity contribution in [2.24, 2.45) is 17.8 Å². The van der Waals surface area contributed by atoms with Crippen molar-refractivity contribution in [2.75, 3.05) is 0 Å². The molecule has 2 aromatic rings. The van der Waals surface area contributed by atoms with Crippen LogP contribution in [-0.4, -0.2) is 0 Å². The van der Waals surface area contributed by atoms with Crippen molar-refractivity contribution < 1.29 is 4.39 Å². The Hall–Kier alpha value is -1.37. The molecule has 0 saturated heterocycles. The molecule has 0 spiro atoms. The zero-order valence-electron chi connectivity index (χ0n) is 13.4. The van der Waals surface area contributed by atoms with Crippen molar-refractivity contribution in [3.8, 4) is 0 Å². The van der Waals surface area contributed by atoms with Crippen LogP contribution in [0.25, 0.3) is 10.8 Å². The van der Waals surface area contributed by atoms with Gasteiger partial charge in [-0.15, -0.1) is 0 Å². The Kier molecular flexibility index (Phi) is 3.68. The molecular weight excluding hydrogens is 271 g/mol. The van der Waals surface area contributed by atoms with E-state index in [2.05, 4.69) is 19.1 Å². The molecule has 0 amide bonds. The fourth-order valence-corrected chi connectivity index (χ4v) is 4.94. The summed E-state index contributed by atoms with van der Waals surface area (Å²) < 4.78 is 13.8. The van der Waals surface area contributed by atoms with Crippen molar-refractivity contribution >= 4 is 10.8 Å². The Bertz CT molecular complexity index is 675. The Balaban J connectivity index is 1.58. The highest BCUT2D eigenvalue weighted by atomic mass is 19.1. The molecule has 2 saturated carbocycles. The lowest BCUT2D eigenvalue weighted by molar-refractivity contribution is 0.124. The van der Waals surface area contributed by atoms with Gasteiger partial charge < -0.3 is 0 Å². The molecule has 1 heteroatoms. The molecule has 2 aliphatic carbocycles. The zero-order valence-corrected chi connectivity index (χ0v) is 13.4. The molecule has 2 aliphatic rings. The van der Waals surface area contributed by atoms with Gasteiger partial charge in [-0.3, -0.25) is 0 Å². The number of fused-ring (bicyclic) bond motifs is 2. The summed E-state index contributed by atoms with van der Waals surface area (Å²) in [5.41, 5.74) is 1.43. The van der Waals surface area contributed by atoms with Gasteiger partial charge in [-0.05, 0) is 72.8 Å². The van der Waals surface area contributed by atoms with E-state index < -0.39 is 0 Å². The molecule has 2 aromatic carbocycles. The molecule has 0 aromatic heterocycles. The van der Waals surface area contributed by atoms with Gasteiger partial charge in [-0.1, -0.05) is 43.7 Å². The van der Waals surface area contributed by atoms with Crippen LogP contribution in [0.5, 0.6) is 0 Å². The second-order valence-corrected chi connectivity index (χ2v) is 7.67. The van der Waals surface area contributed by atoms with Gasteiger partial charge in [0.15, 0.2) is 0 Å². The Morgan fingerprint density at radius 1 is 0.909 bits per heavy atom. The summed E-state index contributed by atoms with van der Waals surface area (Å²) in [6.45, 7) is 2.42. The average molecular weight is 296 g/mol.